The highest BCUT2D eigenvalue weighted by Gasteiger charge is 2.12. The minimum absolute atomic E-state index is 0.0247. The van der Waals surface area contributed by atoms with Crippen LogP contribution in [0.2, 0.25) is 5.02 Å². The fourth-order valence-corrected chi connectivity index (χ4v) is 2.29. The van der Waals surface area contributed by atoms with E-state index in [2.05, 4.69) is 0 Å². The fourth-order valence-electron chi connectivity index (χ4n) is 2.01. The minimum atomic E-state index is -0.275. The number of amidine groups is 1. The normalized spacial score (nSPS) is 10.3. The molecule has 2 aromatic rings. The number of nitrogens with zero attached hydrogens (tertiary/aromatic N) is 1. The lowest BCUT2D eigenvalue weighted by Crippen LogP contribution is -2.17. The summed E-state index contributed by atoms with van der Waals surface area (Å²) in [5.41, 5.74) is 7.67. The largest absolute Gasteiger partial charge is 0.384 e. The lowest BCUT2D eigenvalue weighted by Gasteiger charge is -2.24. The van der Waals surface area contributed by atoms with Crippen molar-refractivity contribution < 1.29 is 4.39 Å². The molecule has 104 valence electrons. The lowest BCUT2D eigenvalue weighted by molar-refractivity contribution is 0.628. The predicted octanol–water partition coefficient (Wildman–Crippen LogP) is 3.92. The van der Waals surface area contributed by atoms with Gasteiger partial charge in [-0.1, -0.05) is 11.6 Å². The molecule has 20 heavy (non-hydrogen) atoms. The van der Waals surface area contributed by atoms with Crippen LogP contribution in [0.3, 0.4) is 0 Å². The molecule has 0 heterocycles. The summed E-state index contributed by atoms with van der Waals surface area (Å²) in [5, 5.41) is 7.91. The number of benzene rings is 2. The molecule has 0 aromatic heterocycles. The van der Waals surface area contributed by atoms with Crippen LogP contribution in [-0.2, 0) is 0 Å². The van der Waals surface area contributed by atoms with Gasteiger partial charge < -0.3 is 10.6 Å². The van der Waals surface area contributed by atoms with Crippen LogP contribution >= 0.6 is 11.6 Å². The number of halogens is 2. The first-order valence-corrected chi connectivity index (χ1v) is 6.57. The Balaban J connectivity index is 2.41. The number of nitrogens with one attached hydrogen (secondary N) is 1. The van der Waals surface area contributed by atoms with Crippen molar-refractivity contribution >= 4 is 28.8 Å². The molecule has 0 aliphatic heterocycles. The van der Waals surface area contributed by atoms with Crippen LogP contribution in [0.5, 0.6) is 0 Å². The molecule has 3 nitrogen and oxygen atoms in total. The number of anilines is 2. The van der Waals surface area contributed by atoms with Gasteiger partial charge in [0.25, 0.3) is 0 Å². The van der Waals surface area contributed by atoms with Crippen LogP contribution in [0.15, 0.2) is 42.5 Å². The zero-order chi connectivity index (χ0) is 14.7. The maximum absolute atomic E-state index is 13.0. The van der Waals surface area contributed by atoms with Gasteiger partial charge in [0.05, 0.1) is 10.7 Å². The molecular formula is C15H15ClFN3. The quantitative estimate of drug-likeness (QED) is 0.662. The highest BCUT2D eigenvalue weighted by atomic mass is 35.5. The summed E-state index contributed by atoms with van der Waals surface area (Å²) in [6, 6.07) is 11.4. The molecule has 0 radical (unpaired) electrons. The third-order valence-corrected chi connectivity index (χ3v) is 3.31. The molecule has 0 bridgehead atoms. The van der Waals surface area contributed by atoms with E-state index in [1.54, 1.807) is 24.3 Å². The van der Waals surface area contributed by atoms with Gasteiger partial charge in [0.1, 0.15) is 11.7 Å². The van der Waals surface area contributed by atoms with Gasteiger partial charge in [0.15, 0.2) is 0 Å². The molecule has 5 heteroatoms. The molecule has 2 rings (SSSR count). The molecule has 0 fully saturated rings. The summed E-state index contributed by atoms with van der Waals surface area (Å²) in [6.07, 6.45) is 0. The van der Waals surface area contributed by atoms with Gasteiger partial charge in [-0.15, -0.1) is 0 Å². The van der Waals surface area contributed by atoms with Gasteiger partial charge in [-0.2, -0.15) is 0 Å². The van der Waals surface area contributed by atoms with Crippen molar-refractivity contribution in [3.63, 3.8) is 0 Å². The Morgan fingerprint density at radius 1 is 1.25 bits per heavy atom. The maximum Gasteiger partial charge on any atom is 0.123 e. The first-order valence-electron chi connectivity index (χ1n) is 6.20. The molecule has 0 spiro atoms. The van der Waals surface area contributed by atoms with E-state index in [0.717, 1.165) is 11.4 Å². The van der Waals surface area contributed by atoms with Gasteiger partial charge in [0, 0.05) is 17.8 Å². The van der Waals surface area contributed by atoms with Crippen molar-refractivity contribution in [3.05, 3.63) is 58.9 Å². The average Bonchev–Trinajstić information content (AvgIpc) is 2.43. The zero-order valence-electron chi connectivity index (χ0n) is 11.0. The van der Waals surface area contributed by atoms with Crippen LogP contribution in [0.1, 0.15) is 12.5 Å². The smallest absolute Gasteiger partial charge is 0.123 e. The molecule has 0 amide bonds. The van der Waals surface area contributed by atoms with E-state index in [-0.39, 0.29) is 11.7 Å². The molecule has 0 saturated carbocycles. The molecule has 2 aromatic carbocycles. The Hall–Kier alpha value is -2.07. The van der Waals surface area contributed by atoms with E-state index in [4.69, 9.17) is 22.7 Å². The predicted molar refractivity (Wildman–Crippen MR) is 81.5 cm³/mol. The molecule has 0 saturated heterocycles. The summed E-state index contributed by atoms with van der Waals surface area (Å²) in [7, 11) is 0. The second-order valence-electron chi connectivity index (χ2n) is 4.30. The average molecular weight is 292 g/mol. The zero-order valence-corrected chi connectivity index (χ0v) is 11.8. The van der Waals surface area contributed by atoms with E-state index in [1.807, 2.05) is 17.9 Å². The van der Waals surface area contributed by atoms with Crippen LogP contribution in [0.25, 0.3) is 0 Å². The number of nitrogens with two attached hydrogens (primary N) is 1. The van der Waals surface area contributed by atoms with E-state index in [0.29, 0.717) is 17.1 Å². The third-order valence-electron chi connectivity index (χ3n) is 3.00. The second kappa shape index (κ2) is 5.92. The SMILES string of the molecule is CCN(c1ccc(F)cc1)c1ccc(C(=N)N)cc1Cl. The van der Waals surface area contributed by atoms with Gasteiger partial charge in [-0.05, 0) is 49.4 Å². The first-order chi connectivity index (χ1) is 9.52. The van der Waals surface area contributed by atoms with E-state index < -0.39 is 0 Å². The number of rotatable bonds is 4. The van der Waals surface area contributed by atoms with Crippen LogP contribution in [0.4, 0.5) is 15.8 Å². The van der Waals surface area contributed by atoms with E-state index in [9.17, 15) is 4.39 Å². The summed E-state index contributed by atoms with van der Waals surface area (Å²) < 4.78 is 13.0. The van der Waals surface area contributed by atoms with E-state index in [1.165, 1.54) is 12.1 Å². The lowest BCUT2D eigenvalue weighted by atomic mass is 10.1. The Morgan fingerprint density at radius 2 is 1.90 bits per heavy atom. The van der Waals surface area contributed by atoms with Crippen molar-refractivity contribution in [1.29, 1.82) is 5.41 Å². The molecule has 0 aliphatic carbocycles. The highest BCUT2D eigenvalue weighted by molar-refractivity contribution is 6.33. The summed E-state index contributed by atoms with van der Waals surface area (Å²) in [4.78, 5) is 1.96. The Morgan fingerprint density at radius 3 is 2.40 bits per heavy atom. The highest BCUT2D eigenvalue weighted by Crippen LogP contribution is 2.32. The standard InChI is InChI=1S/C15H15ClFN3/c1-2-20(12-6-4-11(17)5-7-12)14-8-3-10(15(18)19)9-13(14)16/h3-9H,2H2,1H3,(H3,18,19). The topological polar surface area (TPSA) is 53.1 Å². The van der Waals surface area contributed by atoms with Crippen molar-refractivity contribution in [2.75, 3.05) is 11.4 Å². The Kier molecular flexibility index (Phi) is 4.25. The monoisotopic (exact) mass is 291 g/mol. The fraction of sp³-hybridized carbons (Fsp3) is 0.133. The van der Waals surface area contributed by atoms with Gasteiger partial charge >= 0.3 is 0 Å². The molecule has 0 atom stereocenters. The molecular weight excluding hydrogens is 277 g/mol. The molecule has 3 N–H and O–H groups in total. The molecule has 0 unspecified atom stereocenters. The first kappa shape index (κ1) is 14.3. The summed E-state index contributed by atoms with van der Waals surface area (Å²) in [5.74, 6) is -0.300. The van der Waals surface area contributed by atoms with Gasteiger partial charge in [-0.25, -0.2) is 4.39 Å². The van der Waals surface area contributed by atoms with Gasteiger partial charge in [0.2, 0.25) is 0 Å². The maximum atomic E-state index is 13.0. The van der Waals surface area contributed by atoms with Crippen molar-refractivity contribution in [1.82, 2.24) is 0 Å². The van der Waals surface area contributed by atoms with Crippen molar-refractivity contribution in [3.8, 4) is 0 Å². The number of nitrogen functional groups attached to an aromatic ring is 1. The van der Waals surface area contributed by atoms with Crippen LogP contribution in [-0.4, -0.2) is 12.4 Å². The van der Waals surface area contributed by atoms with Crippen molar-refractivity contribution in [2.24, 2.45) is 5.73 Å². The number of hydrogen-bond donors (Lipinski definition) is 2. The Bertz CT molecular complexity index is 626. The Labute approximate surface area is 122 Å². The molecule has 0 aliphatic rings. The minimum Gasteiger partial charge on any atom is -0.384 e. The van der Waals surface area contributed by atoms with Crippen LogP contribution in [0, 0.1) is 11.2 Å². The van der Waals surface area contributed by atoms with Crippen molar-refractivity contribution in [2.45, 2.75) is 6.92 Å². The summed E-state index contributed by atoms with van der Waals surface area (Å²) >= 11 is 6.26. The van der Waals surface area contributed by atoms with E-state index >= 15 is 0 Å². The third kappa shape index (κ3) is 2.91. The van der Waals surface area contributed by atoms with Gasteiger partial charge in [-0.3, -0.25) is 5.41 Å². The van der Waals surface area contributed by atoms with Crippen LogP contribution < -0.4 is 10.6 Å². The summed E-state index contributed by atoms with van der Waals surface area (Å²) in [6.45, 7) is 2.67. The number of hydrogen-bond acceptors (Lipinski definition) is 2. The second-order valence-corrected chi connectivity index (χ2v) is 4.71.